The minimum atomic E-state index is -1.71. The highest BCUT2D eigenvalue weighted by molar-refractivity contribution is 7.86. The predicted molar refractivity (Wildman–Crippen MR) is 68.1 cm³/mol. The van der Waals surface area contributed by atoms with Gasteiger partial charge < -0.3 is 4.74 Å². The molecule has 1 rings (SSSR count). The Morgan fingerprint density at radius 2 is 2.06 bits per heavy atom. The van der Waals surface area contributed by atoms with E-state index in [4.69, 9.17) is 4.74 Å². The summed E-state index contributed by atoms with van der Waals surface area (Å²) in [6, 6.07) is 5.80. The van der Waals surface area contributed by atoms with Gasteiger partial charge in [-0.15, -0.1) is 0 Å². The van der Waals surface area contributed by atoms with Gasteiger partial charge in [-0.1, -0.05) is 25.5 Å². The van der Waals surface area contributed by atoms with Crippen molar-refractivity contribution in [3.63, 3.8) is 0 Å². The number of carbonyl (C=O) groups is 1. The molecule has 0 aliphatic rings. The molecule has 0 amide bonds. The third-order valence-electron chi connectivity index (χ3n) is 2.41. The fraction of sp³-hybridized carbons (Fsp3) is 0.462. The molecule has 0 fully saturated rings. The summed E-state index contributed by atoms with van der Waals surface area (Å²) in [4.78, 5) is 11.8. The highest BCUT2D eigenvalue weighted by Gasteiger charge is 2.28. The Morgan fingerprint density at radius 3 is 2.61 bits per heavy atom. The average molecular weight is 272 g/mol. The first-order valence-corrected chi connectivity index (χ1v) is 7.14. The fourth-order valence-corrected chi connectivity index (χ4v) is 3.04. The third kappa shape index (κ3) is 3.63. The van der Waals surface area contributed by atoms with Gasteiger partial charge in [0.15, 0.2) is 0 Å². The maximum Gasteiger partial charge on any atom is 0.322 e. The van der Waals surface area contributed by atoms with Crippen LogP contribution in [0, 0.1) is 5.82 Å². The van der Waals surface area contributed by atoms with Gasteiger partial charge in [-0.2, -0.15) is 0 Å². The summed E-state index contributed by atoms with van der Waals surface area (Å²) >= 11 is 0. The molecule has 0 radical (unpaired) electrons. The number of hydrogen-bond acceptors (Lipinski definition) is 3. The van der Waals surface area contributed by atoms with Crippen molar-refractivity contribution in [2.45, 2.75) is 36.8 Å². The number of carbonyl (C=O) groups excluding carboxylic acids is 1. The second-order valence-corrected chi connectivity index (χ2v) is 5.36. The van der Waals surface area contributed by atoms with Crippen LogP contribution in [0.5, 0.6) is 0 Å². The lowest BCUT2D eigenvalue weighted by atomic mass is 10.2. The number of esters is 1. The van der Waals surface area contributed by atoms with Crippen LogP contribution in [0.1, 0.15) is 26.7 Å². The Bertz CT molecular complexity index is 434. The summed E-state index contributed by atoms with van der Waals surface area (Å²) in [6.45, 7) is 3.80. The molecule has 0 bridgehead atoms. The molecule has 0 heterocycles. The van der Waals surface area contributed by atoms with Crippen LogP contribution in [-0.4, -0.2) is 22.0 Å². The molecule has 0 saturated heterocycles. The van der Waals surface area contributed by atoms with Crippen LogP contribution in [-0.2, 0) is 20.3 Å². The quantitative estimate of drug-likeness (QED) is 0.748. The van der Waals surface area contributed by atoms with Crippen molar-refractivity contribution in [1.82, 2.24) is 0 Å². The lowest BCUT2D eigenvalue weighted by molar-refractivity contribution is -0.142. The first kappa shape index (κ1) is 14.8. The van der Waals surface area contributed by atoms with Crippen molar-refractivity contribution in [3.05, 3.63) is 30.1 Å². The SMILES string of the molecule is CCCC(C(=O)OCC)S(=O)c1ccccc1F. The van der Waals surface area contributed by atoms with E-state index in [-0.39, 0.29) is 11.5 Å². The van der Waals surface area contributed by atoms with E-state index in [1.807, 2.05) is 6.92 Å². The predicted octanol–water partition coefficient (Wildman–Crippen LogP) is 2.67. The molecule has 1 aromatic carbocycles. The van der Waals surface area contributed by atoms with Crippen molar-refractivity contribution < 1.29 is 18.1 Å². The molecule has 0 aliphatic carbocycles. The van der Waals surface area contributed by atoms with Gasteiger partial charge in [-0.3, -0.25) is 9.00 Å². The molecule has 100 valence electrons. The smallest absolute Gasteiger partial charge is 0.322 e. The average Bonchev–Trinajstić information content (AvgIpc) is 2.36. The van der Waals surface area contributed by atoms with Crippen molar-refractivity contribution in [1.29, 1.82) is 0 Å². The summed E-state index contributed by atoms with van der Waals surface area (Å²) in [7, 11) is -1.71. The topological polar surface area (TPSA) is 43.4 Å². The van der Waals surface area contributed by atoms with Gasteiger partial charge in [0.05, 0.1) is 22.3 Å². The second kappa shape index (κ2) is 7.26. The molecular weight excluding hydrogens is 255 g/mol. The zero-order valence-electron chi connectivity index (χ0n) is 10.5. The molecule has 3 nitrogen and oxygen atoms in total. The van der Waals surface area contributed by atoms with Crippen LogP contribution in [0.15, 0.2) is 29.2 Å². The van der Waals surface area contributed by atoms with Gasteiger partial charge >= 0.3 is 5.97 Å². The van der Waals surface area contributed by atoms with Crippen molar-refractivity contribution in [3.8, 4) is 0 Å². The Balaban J connectivity index is 2.96. The minimum absolute atomic E-state index is 0.0593. The molecular formula is C13H17FO3S. The first-order chi connectivity index (χ1) is 8.61. The summed E-state index contributed by atoms with van der Waals surface area (Å²) < 4.78 is 30.7. The Kier molecular flexibility index (Phi) is 5.98. The van der Waals surface area contributed by atoms with E-state index in [2.05, 4.69) is 0 Å². The lowest BCUT2D eigenvalue weighted by Gasteiger charge is -2.14. The standard InChI is InChI=1S/C13H17FO3S/c1-3-7-12(13(15)17-4-2)18(16)11-9-6-5-8-10(11)14/h5-6,8-9,12H,3-4,7H2,1-2H3. The van der Waals surface area contributed by atoms with Crippen LogP contribution in [0.4, 0.5) is 4.39 Å². The molecule has 0 spiro atoms. The number of halogens is 1. The van der Waals surface area contributed by atoms with Gasteiger partial charge in [-0.25, -0.2) is 4.39 Å². The summed E-state index contributed by atoms with van der Waals surface area (Å²) in [5.74, 6) is -1.08. The normalized spacial score (nSPS) is 13.9. The largest absolute Gasteiger partial charge is 0.465 e. The number of hydrogen-bond donors (Lipinski definition) is 0. The van der Waals surface area contributed by atoms with Gasteiger partial charge in [0.2, 0.25) is 0 Å². The minimum Gasteiger partial charge on any atom is -0.465 e. The molecule has 1 aromatic rings. The van der Waals surface area contributed by atoms with E-state index in [1.165, 1.54) is 18.2 Å². The van der Waals surface area contributed by atoms with Crippen molar-refractivity contribution in [2.24, 2.45) is 0 Å². The molecule has 18 heavy (non-hydrogen) atoms. The van der Waals surface area contributed by atoms with E-state index in [1.54, 1.807) is 13.0 Å². The van der Waals surface area contributed by atoms with Crippen LogP contribution >= 0.6 is 0 Å². The van der Waals surface area contributed by atoms with E-state index < -0.39 is 27.8 Å². The van der Waals surface area contributed by atoms with Crippen LogP contribution < -0.4 is 0 Å². The first-order valence-electron chi connectivity index (χ1n) is 5.93. The van der Waals surface area contributed by atoms with E-state index in [0.717, 1.165) is 0 Å². The summed E-state index contributed by atoms with van der Waals surface area (Å²) in [6.07, 6.45) is 1.10. The Hall–Kier alpha value is -1.23. The molecule has 0 saturated carbocycles. The Labute approximate surface area is 109 Å². The van der Waals surface area contributed by atoms with Gasteiger partial charge in [0.25, 0.3) is 0 Å². The molecule has 2 unspecified atom stereocenters. The molecule has 2 atom stereocenters. The number of ether oxygens (including phenoxy) is 1. The van der Waals surface area contributed by atoms with Crippen LogP contribution in [0.25, 0.3) is 0 Å². The highest BCUT2D eigenvalue weighted by atomic mass is 32.2. The zero-order chi connectivity index (χ0) is 13.5. The second-order valence-electron chi connectivity index (χ2n) is 3.76. The summed E-state index contributed by atoms with van der Waals surface area (Å²) in [5, 5.41) is -0.799. The van der Waals surface area contributed by atoms with E-state index in [9.17, 15) is 13.4 Å². The third-order valence-corrected chi connectivity index (χ3v) is 4.12. The Morgan fingerprint density at radius 1 is 1.39 bits per heavy atom. The fourth-order valence-electron chi connectivity index (χ4n) is 1.57. The van der Waals surface area contributed by atoms with Crippen LogP contribution in [0.3, 0.4) is 0 Å². The van der Waals surface area contributed by atoms with E-state index >= 15 is 0 Å². The lowest BCUT2D eigenvalue weighted by Crippen LogP contribution is -2.28. The maximum absolute atomic E-state index is 13.5. The van der Waals surface area contributed by atoms with Crippen molar-refractivity contribution in [2.75, 3.05) is 6.61 Å². The van der Waals surface area contributed by atoms with Crippen LogP contribution in [0.2, 0.25) is 0 Å². The summed E-state index contributed by atoms with van der Waals surface area (Å²) in [5.41, 5.74) is 0. The highest BCUT2D eigenvalue weighted by Crippen LogP contribution is 2.19. The van der Waals surface area contributed by atoms with E-state index in [0.29, 0.717) is 12.8 Å². The molecule has 5 heteroatoms. The molecule has 0 aromatic heterocycles. The molecule has 0 N–H and O–H groups in total. The van der Waals surface area contributed by atoms with Gasteiger partial charge in [0, 0.05) is 0 Å². The van der Waals surface area contributed by atoms with Gasteiger partial charge in [0.1, 0.15) is 11.1 Å². The molecule has 0 aliphatic heterocycles. The number of rotatable bonds is 6. The number of benzene rings is 1. The zero-order valence-corrected chi connectivity index (χ0v) is 11.3. The van der Waals surface area contributed by atoms with Crippen molar-refractivity contribution >= 4 is 16.8 Å². The monoisotopic (exact) mass is 272 g/mol. The van der Waals surface area contributed by atoms with Gasteiger partial charge in [-0.05, 0) is 25.5 Å². The maximum atomic E-state index is 13.5.